The Bertz CT molecular complexity index is 534. The lowest BCUT2D eigenvalue weighted by Gasteiger charge is -2.34. The van der Waals surface area contributed by atoms with Gasteiger partial charge < -0.3 is 14.7 Å². The number of morpholine rings is 1. The molecular weight excluding hydrogens is 289 g/mol. The van der Waals surface area contributed by atoms with Crippen molar-refractivity contribution < 1.29 is 27.8 Å². The molecule has 1 fully saturated rings. The summed E-state index contributed by atoms with van der Waals surface area (Å²) in [5.74, 6) is -1.45. The van der Waals surface area contributed by atoms with E-state index in [1.54, 1.807) is 0 Å². The van der Waals surface area contributed by atoms with E-state index in [0.717, 1.165) is 6.07 Å². The number of ether oxygens (including phenoxy) is 1. The third kappa shape index (κ3) is 3.44. The third-order valence-corrected chi connectivity index (χ3v) is 3.29. The molecule has 0 amide bonds. The molecule has 5 nitrogen and oxygen atoms in total. The number of hydrogen-bond donors (Lipinski definition) is 1. The Morgan fingerprint density at radius 1 is 1.52 bits per heavy atom. The van der Waals surface area contributed by atoms with Crippen molar-refractivity contribution in [1.29, 1.82) is 0 Å². The summed E-state index contributed by atoms with van der Waals surface area (Å²) in [7, 11) is 0. The number of halogens is 3. The van der Waals surface area contributed by atoms with Crippen molar-refractivity contribution in [2.45, 2.75) is 25.6 Å². The molecule has 116 valence electrons. The van der Waals surface area contributed by atoms with E-state index in [1.165, 1.54) is 4.90 Å². The topological polar surface area (TPSA) is 62.7 Å². The zero-order valence-corrected chi connectivity index (χ0v) is 11.4. The Morgan fingerprint density at radius 3 is 2.81 bits per heavy atom. The van der Waals surface area contributed by atoms with E-state index in [2.05, 4.69) is 4.98 Å². The van der Waals surface area contributed by atoms with Crippen molar-refractivity contribution >= 4 is 11.8 Å². The molecule has 1 saturated heterocycles. The fraction of sp³-hybridized carbons (Fsp3) is 0.538. The predicted octanol–water partition coefficient (Wildman–Crippen LogP) is 2.41. The number of aromatic carboxylic acids is 1. The van der Waals surface area contributed by atoms with Gasteiger partial charge in [0.25, 0.3) is 0 Å². The maximum Gasteiger partial charge on any atom is 0.433 e. The smallest absolute Gasteiger partial charge is 0.433 e. The van der Waals surface area contributed by atoms with E-state index in [1.807, 2.05) is 6.92 Å². The Kier molecular flexibility index (Phi) is 4.36. The minimum atomic E-state index is -4.61. The number of carboxylic acids is 1. The van der Waals surface area contributed by atoms with Gasteiger partial charge in [-0.25, -0.2) is 9.78 Å². The van der Waals surface area contributed by atoms with E-state index in [9.17, 15) is 18.0 Å². The third-order valence-electron chi connectivity index (χ3n) is 3.29. The number of anilines is 1. The molecule has 0 aliphatic carbocycles. The largest absolute Gasteiger partial charge is 0.478 e. The van der Waals surface area contributed by atoms with Crippen LogP contribution in [0.2, 0.25) is 0 Å². The second-order valence-electron chi connectivity index (χ2n) is 4.72. The number of aromatic nitrogens is 1. The molecule has 1 aliphatic heterocycles. The van der Waals surface area contributed by atoms with Crippen LogP contribution in [-0.2, 0) is 10.9 Å². The molecule has 1 N–H and O–H groups in total. The van der Waals surface area contributed by atoms with Gasteiger partial charge in [-0.15, -0.1) is 0 Å². The molecule has 1 atom stereocenters. The number of alkyl halides is 3. The lowest BCUT2D eigenvalue weighted by atomic mass is 10.1. The number of carboxylic acid groups (broad SMARTS) is 1. The van der Waals surface area contributed by atoms with Crippen LogP contribution in [0.4, 0.5) is 19.0 Å². The van der Waals surface area contributed by atoms with Crippen LogP contribution in [-0.4, -0.2) is 41.9 Å². The maximum absolute atomic E-state index is 12.8. The van der Waals surface area contributed by atoms with Crippen LogP contribution in [0.15, 0.2) is 12.1 Å². The summed E-state index contributed by atoms with van der Waals surface area (Å²) in [5.41, 5.74) is -1.33. The van der Waals surface area contributed by atoms with Gasteiger partial charge in [-0.1, -0.05) is 6.92 Å². The van der Waals surface area contributed by atoms with E-state index in [4.69, 9.17) is 9.84 Å². The molecule has 1 aromatic rings. The highest BCUT2D eigenvalue weighted by Crippen LogP contribution is 2.31. The molecule has 0 radical (unpaired) electrons. The van der Waals surface area contributed by atoms with Crippen molar-refractivity contribution in [3.63, 3.8) is 0 Å². The molecule has 0 bridgehead atoms. The highest BCUT2D eigenvalue weighted by Gasteiger charge is 2.35. The molecule has 2 rings (SSSR count). The summed E-state index contributed by atoms with van der Waals surface area (Å²) in [5, 5.41) is 9.13. The summed E-state index contributed by atoms with van der Waals surface area (Å²) < 4.78 is 43.7. The normalized spacial score (nSPS) is 19.6. The Hall–Kier alpha value is -1.83. The number of hydrogen-bond acceptors (Lipinski definition) is 4. The van der Waals surface area contributed by atoms with E-state index in [-0.39, 0.29) is 17.5 Å². The first-order valence-corrected chi connectivity index (χ1v) is 6.51. The average molecular weight is 304 g/mol. The predicted molar refractivity (Wildman–Crippen MR) is 68.4 cm³/mol. The van der Waals surface area contributed by atoms with E-state index < -0.39 is 17.8 Å². The lowest BCUT2D eigenvalue weighted by molar-refractivity contribution is -0.141. The molecule has 1 unspecified atom stereocenters. The second kappa shape index (κ2) is 5.88. The highest BCUT2D eigenvalue weighted by atomic mass is 19.4. The van der Waals surface area contributed by atoms with Gasteiger partial charge in [-0.2, -0.15) is 13.2 Å². The molecule has 0 spiro atoms. The summed E-state index contributed by atoms with van der Waals surface area (Å²) in [6.07, 6.45) is -4.06. The first-order valence-electron chi connectivity index (χ1n) is 6.51. The SMILES string of the molecule is CCC1CN(c2nc(C(F)(F)F)ccc2C(=O)O)CCO1. The van der Waals surface area contributed by atoms with E-state index in [0.29, 0.717) is 32.2 Å². The first-order chi connectivity index (χ1) is 9.82. The number of pyridine rings is 1. The molecule has 0 saturated carbocycles. The van der Waals surface area contributed by atoms with Gasteiger partial charge in [0, 0.05) is 13.1 Å². The quantitative estimate of drug-likeness (QED) is 0.929. The standard InChI is InChI=1S/C13H15F3N2O3/c1-2-8-7-18(5-6-21-8)11-9(12(19)20)3-4-10(17-11)13(14,15)16/h3-4,8H,2,5-7H2,1H3,(H,19,20). The van der Waals surface area contributed by atoms with Crippen LogP contribution in [0, 0.1) is 0 Å². The van der Waals surface area contributed by atoms with Crippen LogP contribution in [0.3, 0.4) is 0 Å². The fourth-order valence-electron chi connectivity index (χ4n) is 2.17. The minimum absolute atomic E-state index is 0.142. The summed E-state index contributed by atoms with van der Waals surface area (Å²) >= 11 is 0. The van der Waals surface area contributed by atoms with Crippen LogP contribution in [0.5, 0.6) is 0 Å². The molecule has 1 aliphatic rings. The minimum Gasteiger partial charge on any atom is -0.478 e. The van der Waals surface area contributed by atoms with Crippen LogP contribution < -0.4 is 4.90 Å². The number of carbonyl (C=O) groups is 1. The maximum atomic E-state index is 12.8. The Morgan fingerprint density at radius 2 is 2.24 bits per heavy atom. The lowest BCUT2D eigenvalue weighted by Crippen LogP contribution is -2.43. The summed E-state index contributed by atoms with van der Waals surface area (Å²) in [6.45, 7) is 2.86. The van der Waals surface area contributed by atoms with Gasteiger partial charge >= 0.3 is 12.1 Å². The van der Waals surface area contributed by atoms with Crippen molar-refractivity contribution in [1.82, 2.24) is 4.98 Å². The van der Waals surface area contributed by atoms with Crippen LogP contribution >= 0.6 is 0 Å². The second-order valence-corrected chi connectivity index (χ2v) is 4.72. The molecular formula is C13H15F3N2O3. The van der Waals surface area contributed by atoms with Gasteiger partial charge in [0.1, 0.15) is 17.1 Å². The van der Waals surface area contributed by atoms with Gasteiger partial charge in [0.15, 0.2) is 0 Å². The first kappa shape index (κ1) is 15.6. The van der Waals surface area contributed by atoms with Crippen molar-refractivity contribution in [3.8, 4) is 0 Å². The molecule has 2 heterocycles. The molecule has 1 aromatic heterocycles. The monoisotopic (exact) mass is 304 g/mol. The number of rotatable bonds is 3. The molecule has 8 heteroatoms. The van der Waals surface area contributed by atoms with Crippen LogP contribution in [0.25, 0.3) is 0 Å². The zero-order chi connectivity index (χ0) is 15.6. The van der Waals surface area contributed by atoms with Crippen molar-refractivity contribution in [3.05, 3.63) is 23.4 Å². The summed E-state index contributed by atoms with van der Waals surface area (Å²) in [6, 6.07) is 1.63. The van der Waals surface area contributed by atoms with Crippen LogP contribution in [0.1, 0.15) is 29.4 Å². The summed E-state index contributed by atoms with van der Waals surface area (Å²) in [4.78, 5) is 16.3. The van der Waals surface area contributed by atoms with Crippen molar-refractivity contribution in [2.75, 3.05) is 24.6 Å². The van der Waals surface area contributed by atoms with Crippen molar-refractivity contribution in [2.24, 2.45) is 0 Å². The van der Waals surface area contributed by atoms with Gasteiger partial charge in [-0.05, 0) is 18.6 Å². The van der Waals surface area contributed by atoms with Gasteiger partial charge in [0.2, 0.25) is 0 Å². The number of nitrogens with zero attached hydrogens (tertiary/aromatic N) is 2. The Balaban J connectivity index is 2.41. The molecule has 21 heavy (non-hydrogen) atoms. The zero-order valence-electron chi connectivity index (χ0n) is 11.4. The van der Waals surface area contributed by atoms with E-state index >= 15 is 0 Å². The highest BCUT2D eigenvalue weighted by molar-refractivity contribution is 5.93. The average Bonchev–Trinajstić information content (AvgIpc) is 2.45. The molecule has 0 aromatic carbocycles. The van der Waals surface area contributed by atoms with Gasteiger partial charge in [0.05, 0.1) is 12.7 Å². The van der Waals surface area contributed by atoms with Gasteiger partial charge in [-0.3, -0.25) is 0 Å². The fourth-order valence-corrected chi connectivity index (χ4v) is 2.17. The Labute approximate surface area is 119 Å².